The molecule has 0 radical (unpaired) electrons. The first-order chi connectivity index (χ1) is 9.43. The molecule has 2 N–H and O–H groups in total. The van der Waals surface area contributed by atoms with E-state index in [9.17, 15) is 14.7 Å². The Hall–Kier alpha value is -1.14. The highest BCUT2D eigenvalue weighted by Gasteiger charge is 2.48. The van der Waals surface area contributed by atoms with Crippen molar-refractivity contribution >= 4 is 11.9 Å². The molecule has 0 atom stereocenters. The number of aliphatic hydroxyl groups is 1. The van der Waals surface area contributed by atoms with E-state index in [1.54, 1.807) is 12.0 Å². The summed E-state index contributed by atoms with van der Waals surface area (Å²) >= 11 is 0. The lowest BCUT2D eigenvalue weighted by molar-refractivity contribution is -0.168. The van der Waals surface area contributed by atoms with Gasteiger partial charge < -0.3 is 19.8 Å². The molecule has 2 aliphatic rings. The third-order valence-electron chi connectivity index (χ3n) is 4.82. The fourth-order valence-corrected chi connectivity index (χ4v) is 3.10. The standard InChI is InChI=1S/C14H23NO5/c1-20-10-7-13(3-2-4-13)11(16)15-8-5-14(19,6-9-15)12(17)18/h19H,2-10H2,1H3,(H,17,18). The van der Waals surface area contributed by atoms with Gasteiger partial charge in [0.05, 0.1) is 5.41 Å². The molecule has 114 valence electrons. The van der Waals surface area contributed by atoms with Gasteiger partial charge in [-0.25, -0.2) is 4.79 Å². The summed E-state index contributed by atoms with van der Waals surface area (Å²) in [5.74, 6) is -1.09. The number of likely N-dealkylation sites (tertiary alicyclic amines) is 1. The van der Waals surface area contributed by atoms with Gasteiger partial charge in [-0.3, -0.25) is 4.79 Å². The van der Waals surface area contributed by atoms with E-state index in [4.69, 9.17) is 9.84 Å². The average molecular weight is 285 g/mol. The van der Waals surface area contributed by atoms with E-state index in [0.29, 0.717) is 19.7 Å². The number of nitrogens with zero attached hydrogens (tertiary/aromatic N) is 1. The maximum Gasteiger partial charge on any atom is 0.335 e. The first-order valence-corrected chi connectivity index (χ1v) is 7.18. The van der Waals surface area contributed by atoms with Crippen molar-refractivity contribution in [1.82, 2.24) is 4.90 Å². The summed E-state index contributed by atoms with van der Waals surface area (Å²) in [7, 11) is 1.63. The number of ether oxygens (including phenoxy) is 1. The van der Waals surface area contributed by atoms with Gasteiger partial charge in [0.2, 0.25) is 5.91 Å². The Labute approximate surface area is 118 Å². The summed E-state index contributed by atoms with van der Waals surface area (Å²) < 4.78 is 5.09. The minimum absolute atomic E-state index is 0.105. The predicted octanol–water partition coefficient (Wildman–Crippen LogP) is 0.631. The minimum Gasteiger partial charge on any atom is -0.479 e. The Morgan fingerprint density at radius 2 is 1.80 bits per heavy atom. The Bertz CT molecular complexity index is 383. The van der Waals surface area contributed by atoms with Crippen molar-refractivity contribution in [2.24, 2.45) is 5.41 Å². The molecule has 1 amide bonds. The van der Waals surface area contributed by atoms with Gasteiger partial charge in [-0.15, -0.1) is 0 Å². The van der Waals surface area contributed by atoms with E-state index in [1.807, 2.05) is 0 Å². The van der Waals surface area contributed by atoms with Gasteiger partial charge in [0.15, 0.2) is 5.60 Å². The van der Waals surface area contributed by atoms with Crippen LogP contribution in [-0.4, -0.2) is 59.4 Å². The summed E-state index contributed by atoms with van der Waals surface area (Å²) in [6.07, 6.45) is 3.76. The zero-order chi connectivity index (χ0) is 14.8. The normalized spacial score (nSPS) is 24.0. The van der Waals surface area contributed by atoms with Crippen LogP contribution in [0.4, 0.5) is 0 Å². The molecule has 1 saturated carbocycles. The van der Waals surface area contributed by atoms with Crippen molar-refractivity contribution in [1.29, 1.82) is 0 Å². The van der Waals surface area contributed by atoms with Gasteiger partial charge in [0.1, 0.15) is 0 Å². The average Bonchev–Trinajstić information content (AvgIpc) is 2.38. The van der Waals surface area contributed by atoms with E-state index < -0.39 is 11.6 Å². The number of carboxylic acid groups (broad SMARTS) is 1. The van der Waals surface area contributed by atoms with Crippen LogP contribution in [-0.2, 0) is 14.3 Å². The van der Waals surface area contributed by atoms with E-state index in [1.165, 1.54) is 0 Å². The molecule has 0 spiro atoms. The quantitative estimate of drug-likeness (QED) is 0.773. The van der Waals surface area contributed by atoms with Crippen LogP contribution in [0.5, 0.6) is 0 Å². The molecule has 20 heavy (non-hydrogen) atoms. The molecule has 1 saturated heterocycles. The molecular weight excluding hydrogens is 262 g/mol. The second-order valence-electron chi connectivity index (χ2n) is 6.01. The van der Waals surface area contributed by atoms with Crippen LogP contribution < -0.4 is 0 Å². The summed E-state index contributed by atoms with van der Waals surface area (Å²) in [6.45, 7) is 1.20. The topological polar surface area (TPSA) is 87.1 Å². The molecule has 0 aromatic heterocycles. The molecule has 0 aromatic carbocycles. The minimum atomic E-state index is -1.67. The zero-order valence-corrected chi connectivity index (χ0v) is 11.9. The number of methoxy groups -OCH3 is 1. The Kier molecular flexibility index (Phi) is 4.34. The highest BCUT2D eigenvalue weighted by molar-refractivity contribution is 5.84. The number of hydrogen-bond donors (Lipinski definition) is 2. The molecule has 2 fully saturated rings. The predicted molar refractivity (Wildman–Crippen MR) is 71.2 cm³/mol. The summed E-state index contributed by atoms with van der Waals surface area (Å²) in [5, 5.41) is 18.9. The van der Waals surface area contributed by atoms with Crippen LogP contribution in [0.1, 0.15) is 38.5 Å². The Morgan fingerprint density at radius 3 is 2.20 bits per heavy atom. The van der Waals surface area contributed by atoms with Crippen LogP contribution in [0.15, 0.2) is 0 Å². The van der Waals surface area contributed by atoms with Crippen molar-refractivity contribution in [2.75, 3.05) is 26.8 Å². The molecule has 0 aromatic rings. The highest BCUT2D eigenvalue weighted by atomic mass is 16.5. The van der Waals surface area contributed by atoms with E-state index in [2.05, 4.69) is 0 Å². The lowest BCUT2D eigenvalue weighted by Gasteiger charge is -2.46. The second-order valence-corrected chi connectivity index (χ2v) is 6.01. The number of piperidine rings is 1. The van der Waals surface area contributed by atoms with Gasteiger partial charge >= 0.3 is 5.97 Å². The van der Waals surface area contributed by atoms with Crippen molar-refractivity contribution in [3.63, 3.8) is 0 Å². The molecule has 1 aliphatic heterocycles. The van der Waals surface area contributed by atoms with Crippen LogP contribution >= 0.6 is 0 Å². The van der Waals surface area contributed by atoms with Crippen molar-refractivity contribution < 1.29 is 24.5 Å². The van der Waals surface area contributed by atoms with Gasteiger partial charge in [0, 0.05) is 39.6 Å². The fraction of sp³-hybridized carbons (Fsp3) is 0.857. The summed E-state index contributed by atoms with van der Waals surface area (Å²) in [6, 6.07) is 0. The first-order valence-electron chi connectivity index (χ1n) is 7.18. The monoisotopic (exact) mass is 285 g/mol. The van der Waals surface area contributed by atoms with E-state index >= 15 is 0 Å². The highest BCUT2D eigenvalue weighted by Crippen LogP contribution is 2.46. The maximum absolute atomic E-state index is 12.6. The lowest BCUT2D eigenvalue weighted by Crippen LogP contribution is -2.55. The molecule has 1 aliphatic carbocycles. The smallest absolute Gasteiger partial charge is 0.335 e. The van der Waals surface area contributed by atoms with Crippen LogP contribution in [0.25, 0.3) is 0 Å². The van der Waals surface area contributed by atoms with Crippen LogP contribution in [0.3, 0.4) is 0 Å². The third kappa shape index (κ3) is 2.67. The summed E-state index contributed by atoms with van der Waals surface area (Å²) in [5.41, 5.74) is -1.98. The lowest BCUT2D eigenvalue weighted by atomic mass is 9.65. The Balaban J connectivity index is 1.96. The number of aliphatic carboxylic acids is 1. The second kappa shape index (κ2) is 5.69. The largest absolute Gasteiger partial charge is 0.479 e. The molecule has 6 nitrogen and oxygen atoms in total. The molecule has 1 heterocycles. The number of rotatable bonds is 5. The third-order valence-corrected chi connectivity index (χ3v) is 4.82. The maximum atomic E-state index is 12.6. The van der Waals surface area contributed by atoms with Crippen molar-refractivity contribution in [3.05, 3.63) is 0 Å². The molecule has 6 heteroatoms. The number of amides is 1. The molecule has 0 unspecified atom stereocenters. The van der Waals surface area contributed by atoms with Crippen LogP contribution in [0, 0.1) is 5.41 Å². The van der Waals surface area contributed by atoms with Crippen molar-refractivity contribution in [3.8, 4) is 0 Å². The van der Waals surface area contributed by atoms with Crippen LogP contribution in [0.2, 0.25) is 0 Å². The number of carbonyl (C=O) groups excluding carboxylic acids is 1. The van der Waals surface area contributed by atoms with E-state index in [-0.39, 0.29) is 24.2 Å². The van der Waals surface area contributed by atoms with Gasteiger partial charge in [-0.1, -0.05) is 6.42 Å². The Morgan fingerprint density at radius 1 is 1.20 bits per heavy atom. The summed E-state index contributed by atoms with van der Waals surface area (Å²) in [4.78, 5) is 25.3. The van der Waals surface area contributed by atoms with Gasteiger partial charge in [0.25, 0.3) is 0 Å². The zero-order valence-electron chi connectivity index (χ0n) is 11.9. The van der Waals surface area contributed by atoms with Gasteiger partial charge in [-0.05, 0) is 19.3 Å². The SMILES string of the molecule is COCCC1(C(=O)N2CCC(O)(C(=O)O)CC2)CCC1. The van der Waals surface area contributed by atoms with E-state index in [0.717, 1.165) is 25.7 Å². The molecule has 2 rings (SSSR count). The molecule has 0 bridgehead atoms. The molecular formula is C14H23NO5. The fourth-order valence-electron chi connectivity index (χ4n) is 3.10. The first kappa shape index (κ1) is 15.3. The van der Waals surface area contributed by atoms with Crippen molar-refractivity contribution in [2.45, 2.75) is 44.1 Å². The number of hydrogen-bond acceptors (Lipinski definition) is 4. The number of carbonyl (C=O) groups is 2. The van der Waals surface area contributed by atoms with Gasteiger partial charge in [-0.2, -0.15) is 0 Å². The number of carboxylic acids is 1.